The third-order valence-corrected chi connectivity index (χ3v) is 3.36. The second kappa shape index (κ2) is 7.34. The van der Waals surface area contributed by atoms with E-state index in [1.54, 1.807) is 0 Å². The molecule has 17 heavy (non-hydrogen) atoms. The van der Waals surface area contributed by atoms with Crippen LogP contribution < -0.4 is 0 Å². The SMILES string of the molecule is C#CCCCCC(=O)N1CCN(C(C)C)CC1. The molecule has 3 heteroatoms. The van der Waals surface area contributed by atoms with Gasteiger partial charge in [0.25, 0.3) is 0 Å². The molecular formula is C14H24N2O. The molecule has 0 spiro atoms. The van der Waals surface area contributed by atoms with Gasteiger partial charge in [0, 0.05) is 45.1 Å². The normalized spacial score (nSPS) is 17.2. The van der Waals surface area contributed by atoms with Gasteiger partial charge in [-0.15, -0.1) is 12.3 Å². The van der Waals surface area contributed by atoms with Crippen LogP contribution in [-0.4, -0.2) is 47.9 Å². The Bertz CT molecular complexity index is 272. The maximum absolute atomic E-state index is 11.9. The van der Waals surface area contributed by atoms with E-state index in [4.69, 9.17) is 6.42 Å². The van der Waals surface area contributed by atoms with Crippen LogP contribution in [0.4, 0.5) is 0 Å². The molecule has 0 bridgehead atoms. The van der Waals surface area contributed by atoms with E-state index in [2.05, 4.69) is 24.7 Å². The molecule has 3 nitrogen and oxygen atoms in total. The molecule has 0 atom stereocenters. The van der Waals surface area contributed by atoms with Gasteiger partial charge in [-0.25, -0.2) is 0 Å². The highest BCUT2D eigenvalue weighted by molar-refractivity contribution is 5.76. The number of unbranched alkanes of at least 4 members (excludes halogenated alkanes) is 2. The Morgan fingerprint density at radius 1 is 1.24 bits per heavy atom. The van der Waals surface area contributed by atoms with Crippen molar-refractivity contribution in [2.75, 3.05) is 26.2 Å². The van der Waals surface area contributed by atoms with Gasteiger partial charge in [-0.2, -0.15) is 0 Å². The minimum absolute atomic E-state index is 0.297. The highest BCUT2D eigenvalue weighted by Crippen LogP contribution is 2.09. The number of hydrogen-bond acceptors (Lipinski definition) is 2. The van der Waals surface area contributed by atoms with Crippen LogP contribution in [0, 0.1) is 12.3 Å². The predicted octanol–water partition coefficient (Wildman–Crippen LogP) is 1.73. The first-order chi connectivity index (χ1) is 8.15. The Hall–Kier alpha value is -1.01. The number of hydrogen-bond donors (Lipinski definition) is 0. The van der Waals surface area contributed by atoms with Gasteiger partial charge in [-0.1, -0.05) is 0 Å². The molecule has 0 saturated carbocycles. The summed E-state index contributed by atoms with van der Waals surface area (Å²) in [5.41, 5.74) is 0. The van der Waals surface area contributed by atoms with Crippen molar-refractivity contribution in [3.8, 4) is 12.3 Å². The Morgan fingerprint density at radius 2 is 1.88 bits per heavy atom. The van der Waals surface area contributed by atoms with E-state index in [9.17, 15) is 4.79 Å². The van der Waals surface area contributed by atoms with Crippen molar-refractivity contribution in [1.82, 2.24) is 9.80 Å². The summed E-state index contributed by atoms with van der Waals surface area (Å²) >= 11 is 0. The highest BCUT2D eigenvalue weighted by Gasteiger charge is 2.21. The van der Waals surface area contributed by atoms with Crippen molar-refractivity contribution >= 4 is 5.91 Å². The average Bonchev–Trinajstić information content (AvgIpc) is 2.34. The van der Waals surface area contributed by atoms with Crippen molar-refractivity contribution in [3.63, 3.8) is 0 Å². The molecule has 1 fully saturated rings. The van der Waals surface area contributed by atoms with Crippen LogP contribution in [0.5, 0.6) is 0 Å². The number of carbonyl (C=O) groups excluding carboxylic acids is 1. The molecule has 0 aromatic carbocycles. The lowest BCUT2D eigenvalue weighted by molar-refractivity contribution is -0.133. The lowest BCUT2D eigenvalue weighted by Gasteiger charge is -2.37. The molecule has 0 aromatic rings. The zero-order valence-electron chi connectivity index (χ0n) is 11.1. The summed E-state index contributed by atoms with van der Waals surface area (Å²) in [4.78, 5) is 16.3. The lowest BCUT2D eigenvalue weighted by atomic mass is 10.1. The second-order valence-electron chi connectivity index (χ2n) is 4.92. The van der Waals surface area contributed by atoms with Crippen molar-refractivity contribution in [2.45, 2.75) is 45.6 Å². The largest absolute Gasteiger partial charge is 0.340 e. The quantitative estimate of drug-likeness (QED) is 0.536. The monoisotopic (exact) mass is 236 g/mol. The minimum Gasteiger partial charge on any atom is -0.340 e. The van der Waals surface area contributed by atoms with Crippen LogP contribution in [0.2, 0.25) is 0 Å². The van der Waals surface area contributed by atoms with Crippen molar-refractivity contribution < 1.29 is 4.79 Å². The van der Waals surface area contributed by atoms with E-state index >= 15 is 0 Å². The number of nitrogens with zero attached hydrogens (tertiary/aromatic N) is 2. The Kier molecular flexibility index (Phi) is 6.07. The van der Waals surface area contributed by atoms with Crippen LogP contribution in [0.1, 0.15) is 39.5 Å². The van der Waals surface area contributed by atoms with Crippen LogP contribution in [0.3, 0.4) is 0 Å². The van der Waals surface area contributed by atoms with Crippen LogP contribution >= 0.6 is 0 Å². The molecule has 0 aromatic heterocycles. The predicted molar refractivity (Wildman–Crippen MR) is 70.6 cm³/mol. The van der Waals surface area contributed by atoms with E-state index in [1.165, 1.54) is 0 Å². The smallest absolute Gasteiger partial charge is 0.222 e. The fourth-order valence-electron chi connectivity index (χ4n) is 2.15. The van der Waals surface area contributed by atoms with E-state index in [0.29, 0.717) is 18.4 Å². The Labute approximate surface area is 105 Å². The van der Waals surface area contributed by atoms with Gasteiger partial charge in [0.15, 0.2) is 0 Å². The van der Waals surface area contributed by atoms with Gasteiger partial charge in [-0.05, 0) is 26.7 Å². The van der Waals surface area contributed by atoms with Gasteiger partial charge < -0.3 is 4.90 Å². The summed E-state index contributed by atoms with van der Waals surface area (Å²) in [6.07, 6.45) is 8.51. The van der Waals surface area contributed by atoms with Crippen molar-refractivity contribution in [3.05, 3.63) is 0 Å². The minimum atomic E-state index is 0.297. The molecule has 96 valence electrons. The lowest BCUT2D eigenvalue weighted by Crippen LogP contribution is -2.50. The summed E-state index contributed by atoms with van der Waals surface area (Å²) in [5.74, 6) is 2.90. The first-order valence-electron chi connectivity index (χ1n) is 6.60. The molecule has 0 unspecified atom stereocenters. The zero-order chi connectivity index (χ0) is 12.7. The summed E-state index contributed by atoms with van der Waals surface area (Å²) in [5, 5.41) is 0. The summed E-state index contributed by atoms with van der Waals surface area (Å²) in [6.45, 7) is 8.19. The molecule has 1 saturated heterocycles. The zero-order valence-corrected chi connectivity index (χ0v) is 11.1. The van der Waals surface area contributed by atoms with Gasteiger partial charge in [0.05, 0.1) is 0 Å². The second-order valence-corrected chi connectivity index (χ2v) is 4.92. The molecule has 1 heterocycles. The van der Waals surface area contributed by atoms with E-state index in [1.807, 2.05) is 4.90 Å². The van der Waals surface area contributed by atoms with Crippen LogP contribution in [0.15, 0.2) is 0 Å². The third kappa shape index (κ3) is 4.79. The van der Waals surface area contributed by atoms with E-state index < -0.39 is 0 Å². The van der Waals surface area contributed by atoms with Gasteiger partial charge >= 0.3 is 0 Å². The fourth-order valence-corrected chi connectivity index (χ4v) is 2.15. The molecule has 0 radical (unpaired) electrons. The number of carbonyl (C=O) groups is 1. The molecule has 0 N–H and O–H groups in total. The van der Waals surface area contributed by atoms with E-state index in [-0.39, 0.29) is 0 Å². The molecule has 1 rings (SSSR count). The number of rotatable bonds is 5. The molecule has 1 amide bonds. The van der Waals surface area contributed by atoms with Crippen molar-refractivity contribution in [2.24, 2.45) is 0 Å². The maximum Gasteiger partial charge on any atom is 0.222 e. The van der Waals surface area contributed by atoms with Crippen LogP contribution in [0.25, 0.3) is 0 Å². The fraction of sp³-hybridized carbons (Fsp3) is 0.786. The third-order valence-electron chi connectivity index (χ3n) is 3.36. The summed E-state index contributed by atoms with van der Waals surface area (Å²) in [7, 11) is 0. The first-order valence-corrected chi connectivity index (χ1v) is 6.60. The topological polar surface area (TPSA) is 23.6 Å². The molecule has 0 aliphatic carbocycles. The Balaban J connectivity index is 2.20. The standard InChI is InChI=1S/C14H24N2O/c1-4-5-6-7-8-14(17)16-11-9-15(10-12-16)13(2)3/h1,13H,5-12H2,2-3H3. The van der Waals surface area contributed by atoms with Crippen LogP contribution in [-0.2, 0) is 4.79 Å². The maximum atomic E-state index is 11.9. The van der Waals surface area contributed by atoms with Gasteiger partial charge in [0.2, 0.25) is 5.91 Å². The number of amides is 1. The van der Waals surface area contributed by atoms with Gasteiger partial charge in [-0.3, -0.25) is 9.69 Å². The van der Waals surface area contributed by atoms with E-state index in [0.717, 1.165) is 45.4 Å². The first kappa shape index (κ1) is 14.1. The number of terminal acetylenes is 1. The highest BCUT2D eigenvalue weighted by atomic mass is 16.2. The van der Waals surface area contributed by atoms with Gasteiger partial charge in [0.1, 0.15) is 0 Å². The molecular weight excluding hydrogens is 212 g/mol. The number of piperazine rings is 1. The summed E-state index contributed by atoms with van der Waals surface area (Å²) < 4.78 is 0. The molecule has 1 aliphatic heterocycles. The Morgan fingerprint density at radius 3 is 2.41 bits per heavy atom. The molecule has 1 aliphatic rings. The average molecular weight is 236 g/mol. The summed E-state index contributed by atoms with van der Waals surface area (Å²) in [6, 6.07) is 0.586. The van der Waals surface area contributed by atoms with Crippen molar-refractivity contribution in [1.29, 1.82) is 0 Å².